The van der Waals surface area contributed by atoms with Gasteiger partial charge in [-0.15, -0.1) is 0 Å². The third-order valence-corrected chi connectivity index (χ3v) is 12.4. The van der Waals surface area contributed by atoms with Crippen LogP contribution >= 0.6 is 0 Å². The smallest absolute Gasteiger partial charge is 0.483 e. The van der Waals surface area contributed by atoms with Gasteiger partial charge in [-0.2, -0.15) is 0 Å². The fraction of sp³-hybridized carbons (Fsp3) is 0.286. The minimum atomic E-state index is -1.13. The lowest BCUT2D eigenvalue weighted by Crippen LogP contribution is -2.43. The molecule has 7 atom stereocenters. The summed E-state index contributed by atoms with van der Waals surface area (Å²) in [5.41, 5.74) is 37.6. The fourth-order valence-corrected chi connectivity index (χ4v) is 7.04. The molecule has 0 aromatic heterocycles. The van der Waals surface area contributed by atoms with E-state index in [1.165, 1.54) is 112 Å². The Morgan fingerprint density at radius 3 is 1.48 bits per heavy atom. The van der Waals surface area contributed by atoms with Crippen LogP contribution < -0.4 is 66.3 Å². The standard InChI is InChI=1S/C7H10BN2O4.2C7H11BN2O4.3C7H10BN2O4.C7H11BN2O4/c9-4(7(13)14)2-10-3-6(12)5(11)1-8-10;9-4(7(13)14)1-8-2-5(11)6(12)3-10-8;9-5(7(12)13)1-4-2-6(11)8(14)10-3-4;9-4(7(13)14)1-3-2-5(11)6(12)8-10-3;9-4(7(13)14)1-3-2-5(11)6(12)10-8-3;9-4(7(13)14)3-10-2-1-5(11)6(12)8-10;9-4(7(13)14)3-8-2-1-5(11)6(12)10-8/h1,3-4,11-12H,2,9H2,(H,13,14);2-4,10-12H,1,9H2,(H,13,14);2-3,5,10-11,14H,1,9H2,(H,12,13);2*2,4,10-12H,1,9H2,(H,13,14);1-2,4,11-12H,3,9H2,(H,13,14);1-2,4,10-12H,3,9H2,(H,13,14). The Bertz CT molecular complexity index is 3140. The Labute approximate surface area is 559 Å². The van der Waals surface area contributed by atoms with E-state index in [1.54, 1.807) is 0 Å². The van der Waals surface area contributed by atoms with Gasteiger partial charge in [-0.1, -0.05) is 17.4 Å². The van der Waals surface area contributed by atoms with Gasteiger partial charge in [0.15, 0.2) is 23.0 Å². The summed E-state index contributed by atoms with van der Waals surface area (Å²) in [5.74, 6) is -6.69. The van der Waals surface area contributed by atoms with Crippen molar-refractivity contribution in [3.05, 3.63) is 165 Å². The molecule has 7 heterocycles. The maximum absolute atomic E-state index is 10.4. The minimum Gasteiger partial charge on any atom is -0.517 e. The van der Waals surface area contributed by atoms with Crippen molar-refractivity contribution in [1.82, 2.24) is 35.8 Å². The number of carboxylic acids is 7. The second kappa shape index (κ2) is 41.6. The minimum absolute atomic E-state index is 0.0309. The molecule has 7 rings (SSSR count). The molecule has 49 heteroatoms. The van der Waals surface area contributed by atoms with Gasteiger partial charge in [0.1, 0.15) is 70.2 Å². The Balaban J connectivity index is 0.000000572. The van der Waals surface area contributed by atoms with Crippen molar-refractivity contribution in [2.75, 3.05) is 13.1 Å². The van der Waals surface area contributed by atoms with Crippen molar-refractivity contribution < 1.29 is 141 Å². The van der Waals surface area contributed by atoms with E-state index in [4.69, 9.17) is 147 Å². The van der Waals surface area contributed by atoms with Gasteiger partial charge >= 0.3 is 63.7 Å². The van der Waals surface area contributed by atoms with E-state index in [9.17, 15) is 33.6 Å². The first kappa shape index (κ1) is 84.8. The van der Waals surface area contributed by atoms with Gasteiger partial charge in [0.2, 0.25) is 11.8 Å². The van der Waals surface area contributed by atoms with Crippen LogP contribution in [-0.4, -0.2) is 264 Å². The molecule has 4 radical (unpaired) electrons. The summed E-state index contributed by atoms with van der Waals surface area (Å²) < 4.78 is 0. The van der Waals surface area contributed by atoms with Gasteiger partial charge in [0, 0.05) is 43.7 Å². The fourth-order valence-electron chi connectivity index (χ4n) is 7.04. The Kier molecular flexibility index (Phi) is 36.0. The number of aliphatic hydroxyl groups is 13. The van der Waals surface area contributed by atoms with Crippen LogP contribution in [-0.2, 0) is 33.6 Å². The van der Waals surface area contributed by atoms with Gasteiger partial charge in [-0.05, 0) is 73.7 Å². The molecule has 0 aliphatic carbocycles. The number of rotatable bonds is 21. The van der Waals surface area contributed by atoms with Gasteiger partial charge in [-0.3, -0.25) is 33.6 Å². The number of aliphatic hydroxyl groups excluding tert-OH is 13. The topological polar surface area (TPSA) is 793 Å². The predicted octanol–water partition coefficient (Wildman–Crippen LogP) is -5.89. The zero-order chi connectivity index (χ0) is 75.0. The van der Waals surface area contributed by atoms with Crippen molar-refractivity contribution in [2.45, 2.75) is 74.2 Å². The zero-order valence-corrected chi connectivity index (χ0v) is 51.1. The molecule has 0 aromatic rings. The third-order valence-electron chi connectivity index (χ3n) is 12.4. The van der Waals surface area contributed by atoms with Gasteiger partial charge in [-0.25, -0.2) is 0 Å². The van der Waals surface area contributed by atoms with Crippen LogP contribution in [0.1, 0.15) is 19.3 Å². The summed E-state index contributed by atoms with van der Waals surface area (Å²) in [7, 11) is 4.06. The van der Waals surface area contributed by atoms with Crippen LogP contribution in [0.2, 0.25) is 12.6 Å². The average Bonchev–Trinajstić information content (AvgIpc) is 0.969. The number of nitrogens with zero attached hydrogens (tertiary/aromatic N) is 2. The first-order chi connectivity index (χ1) is 45.5. The van der Waals surface area contributed by atoms with Crippen LogP contribution in [0, 0.1) is 0 Å². The molecule has 0 spiro atoms. The molecule has 0 saturated heterocycles. The second-order valence-corrected chi connectivity index (χ2v) is 20.5. The number of aliphatic carboxylic acids is 7. The number of hydrogen-bond acceptors (Lipinski definition) is 35. The maximum Gasteiger partial charge on any atom is 0.483 e. The molecular weight excluding hydrogens is 1310 g/mol. The van der Waals surface area contributed by atoms with Gasteiger partial charge in [0.25, 0.3) is 28.5 Å². The van der Waals surface area contributed by atoms with E-state index in [0.717, 1.165) is 0 Å². The van der Waals surface area contributed by atoms with Gasteiger partial charge < -0.3 is 183 Å². The van der Waals surface area contributed by atoms with Crippen molar-refractivity contribution in [2.24, 2.45) is 40.1 Å². The predicted molar refractivity (Wildman–Crippen MR) is 350 cm³/mol. The van der Waals surface area contributed by atoms with Crippen LogP contribution in [0.25, 0.3) is 0 Å². The summed E-state index contributed by atoms with van der Waals surface area (Å²) in [6.07, 6.45) is 12.1. The summed E-state index contributed by atoms with van der Waals surface area (Å²) in [5, 5.41) is 199. The molecule has 528 valence electrons. The highest BCUT2D eigenvalue weighted by molar-refractivity contribution is 6.63. The highest BCUT2D eigenvalue weighted by Gasteiger charge is 2.28. The summed E-state index contributed by atoms with van der Waals surface area (Å²) >= 11 is 0. The Hall–Kier alpha value is -11.2. The molecule has 0 bridgehead atoms. The van der Waals surface area contributed by atoms with E-state index in [0.29, 0.717) is 16.7 Å². The van der Waals surface area contributed by atoms with Gasteiger partial charge in [0.05, 0.1) is 12.1 Å². The number of carboxylic acid groups (broad SMARTS) is 7. The summed E-state index contributed by atoms with van der Waals surface area (Å²) in [6, 6.07) is -7.13. The highest BCUT2D eigenvalue weighted by Crippen LogP contribution is 2.16. The lowest BCUT2D eigenvalue weighted by molar-refractivity contribution is -0.139. The summed E-state index contributed by atoms with van der Waals surface area (Å²) in [6.45, 7) is -0.694. The van der Waals surface area contributed by atoms with E-state index >= 15 is 0 Å². The Morgan fingerprint density at radius 2 is 1.00 bits per heavy atom. The quantitative estimate of drug-likeness (QED) is 0.0476. The third kappa shape index (κ3) is 32.3. The monoisotopic (exact) mass is 1380 g/mol. The van der Waals surface area contributed by atoms with Crippen molar-refractivity contribution in [1.29, 1.82) is 0 Å². The van der Waals surface area contributed by atoms with Crippen LogP contribution in [0.4, 0.5) is 0 Å². The van der Waals surface area contributed by atoms with E-state index in [2.05, 4.69) is 26.1 Å². The Morgan fingerprint density at radius 1 is 0.480 bits per heavy atom. The number of hydrogen-bond donors (Lipinski definition) is 33. The molecule has 98 heavy (non-hydrogen) atoms. The molecule has 7 aliphatic rings. The average molecular weight is 1380 g/mol. The lowest BCUT2D eigenvalue weighted by atomic mass is 9.56. The normalized spacial score (nSPS) is 17.9. The highest BCUT2D eigenvalue weighted by atomic mass is 16.4. The molecule has 0 aromatic carbocycles. The molecule has 42 nitrogen and oxygen atoms in total. The molecule has 40 N–H and O–H groups in total. The lowest BCUT2D eigenvalue weighted by Gasteiger charge is -2.23. The van der Waals surface area contributed by atoms with E-state index < -0.39 is 91.1 Å². The molecule has 7 aliphatic heterocycles. The van der Waals surface area contributed by atoms with E-state index in [1.807, 2.05) is 0 Å². The van der Waals surface area contributed by atoms with Crippen molar-refractivity contribution in [3.8, 4) is 0 Å². The van der Waals surface area contributed by atoms with Crippen LogP contribution in [0.5, 0.6) is 0 Å². The molecule has 0 amide bonds. The first-order valence-corrected chi connectivity index (χ1v) is 27.8. The molecule has 0 saturated carbocycles. The molecular formula is C49H73B7N14O28. The number of carbonyl (C=O) groups is 7. The number of nitrogens with one attached hydrogen (secondary N) is 5. The van der Waals surface area contributed by atoms with Crippen LogP contribution in [0.15, 0.2) is 165 Å². The molecule has 0 fully saturated rings. The maximum atomic E-state index is 10.4. The van der Waals surface area contributed by atoms with Crippen molar-refractivity contribution >= 4 is 92.2 Å². The zero-order valence-electron chi connectivity index (χ0n) is 51.1. The SMILES string of the molecule is NC(CB1C=C(O)C(O)=CN1)C(=O)O.NC(CB1C=CC(O)=C(O)N1)C(=O)O.NC(CC1=CC(O)=C(O)N[B]1)C(=O)O.NC(CC1=CC(O)=C(O)[B]N1)C(=O)O.NC(CC1=CNB(O)C(O)=C1)C(=O)O.NC(CN1[B]C(O)=C(O)C=C1)C(=O)O.NC(CN1[B]C=C(O)C(O)=C1)C(=O)O. The number of nitrogens with two attached hydrogens (primary N) is 7. The summed E-state index contributed by atoms with van der Waals surface area (Å²) in [4.78, 5) is 75.6. The largest absolute Gasteiger partial charge is 0.517 e. The second-order valence-electron chi connectivity index (χ2n) is 20.5. The van der Waals surface area contributed by atoms with E-state index in [-0.39, 0.29) is 134 Å². The molecule has 7 unspecified atom stereocenters. The number of allylic oxidation sites excluding steroid dienone is 5. The first-order valence-electron chi connectivity index (χ1n) is 27.8. The van der Waals surface area contributed by atoms with Crippen LogP contribution in [0.3, 0.4) is 0 Å². The van der Waals surface area contributed by atoms with Crippen molar-refractivity contribution in [3.63, 3.8) is 0 Å².